The van der Waals surface area contributed by atoms with Gasteiger partial charge in [0, 0.05) is 16.8 Å². The molecule has 0 spiro atoms. The second-order valence-corrected chi connectivity index (χ2v) is 16.0. The van der Waals surface area contributed by atoms with Crippen LogP contribution in [-0.2, 0) is 0 Å². The number of anilines is 3. The van der Waals surface area contributed by atoms with E-state index in [1.54, 1.807) is 0 Å². The molecule has 0 aliphatic rings. The lowest BCUT2D eigenvalue weighted by molar-refractivity contribution is 1.29. The molecule has 0 bridgehead atoms. The van der Waals surface area contributed by atoms with Crippen molar-refractivity contribution in [2.45, 2.75) is 0 Å². The highest BCUT2D eigenvalue weighted by molar-refractivity contribution is 6.22. The zero-order chi connectivity index (χ0) is 42.0. The van der Waals surface area contributed by atoms with Crippen molar-refractivity contribution in [2.24, 2.45) is 0 Å². The average Bonchev–Trinajstić information content (AvgIpc) is 3.37. The summed E-state index contributed by atoms with van der Waals surface area (Å²) >= 11 is 0. The predicted molar refractivity (Wildman–Crippen MR) is 269 cm³/mol. The van der Waals surface area contributed by atoms with Crippen LogP contribution in [0.1, 0.15) is 0 Å². The Kier molecular flexibility index (Phi) is 9.97. The van der Waals surface area contributed by atoms with Crippen LogP contribution in [-0.4, -0.2) is 0 Å². The molecule has 11 rings (SSSR count). The number of hydrogen-bond donors (Lipinski definition) is 0. The summed E-state index contributed by atoms with van der Waals surface area (Å²) in [6, 6.07) is 94.9. The van der Waals surface area contributed by atoms with Gasteiger partial charge in [-0.3, -0.25) is 0 Å². The minimum atomic E-state index is 1.07. The van der Waals surface area contributed by atoms with E-state index in [-0.39, 0.29) is 0 Å². The minimum Gasteiger partial charge on any atom is -0.309 e. The van der Waals surface area contributed by atoms with E-state index in [0.29, 0.717) is 0 Å². The second-order valence-electron chi connectivity index (χ2n) is 16.0. The van der Waals surface area contributed by atoms with Crippen LogP contribution in [0.3, 0.4) is 0 Å². The molecule has 11 aromatic carbocycles. The maximum absolute atomic E-state index is 2.50. The summed E-state index contributed by atoms with van der Waals surface area (Å²) in [4.78, 5) is 2.50. The molecule has 0 heterocycles. The first-order valence-electron chi connectivity index (χ1n) is 21.7. The summed E-state index contributed by atoms with van der Waals surface area (Å²) < 4.78 is 0. The molecular weight excluding hydrogens is 759 g/mol. The van der Waals surface area contributed by atoms with Crippen molar-refractivity contribution in [1.82, 2.24) is 0 Å². The van der Waals surface area contributed by atoms with Crippen LogP contribution in [0.2, 0.25) is 0 Å². The molecule has 0 saturated heterocycles. The van der Waals surface area contributed by atoms with Gasteiger partial charge in [-0.25, -0.2) is 0 Å². The van der Waals surface area contributed by atoms with Crippen molar-refractivity contribution in [1.29, 1.82) is 0 Å². The van der Waals surface area contributed by atoms with E-state index < -0.39 is 0 Å². The smallest absolute Gasteiger partial charge is 0.0540 e. The third-order valence-electron chi connectivity index (χ3n) is 12.3. The molecule has 0 N–H and O–H groups in total. The molecule has 0 aliphatic heterocycles. The molecule has 0 amide bonds. The van der Waals surface area contributed by atoms with Gasteiger partial charge < -0.3 is 4.90 Å². The maximum atomic E-state index is 2.50. The average molecular weight is 802 g/mol. The molecule has 11 aromatic rings. The van der Waals surface area contributed by atoms with Gasteiger partial charge in [-0.05, 0) is 114 Å². The first-order valence-corrected chi connectivity index (χ1v) is 21.7. The van der Waals surface area contributed by atoms with Crippen LogP contribution in [0, 0.1) is 0 Å². The molecule has 0 fully saturated rings. The lowest BCUT2D eigenvalue weighted by Crippen LogP contribution is -2.13. The number of benzene rings is 11. The standard InChI is InChI=1S/C62H43N/c1-7-21-44(22-8-1)50-35-39-59(56(41-50)46-25-11-3-12-26-46)63(60-40-36-51(45-23-9-2-10-24-45)42-57(60)47-27-13-4-14-28-47)52-37-38-54-53-33-19-20-34-55(53)61(48-29-15-5-16-30-48)62(58(54)43-52)49-31-17-6-18-32-49/h1-43H. The summed E-state index contributed by atoms with van der Waals surface area (Å²) in [5, 5.41) is 4.90. The first kappa shape index (κ1) is 37.7. The van der Waals surface area contributed by atoms with Crippen molar-refractivity contribution < 1.29 is 0 Å². The molecule has 0 unspecified atom stereocenters. The van der Waals surface area contributed by atoms with Crippen molar-refractivity contribution in [3.05, 3.63) is 261 Å². The Morgan fingerprint density at radius 3 is 1.00 bits per heavy atom. The maximum Gasteiger partial charge on any atom is 0.0540 e. The van der Waals surface area contributed by atoms with Gasteiger partial charge >= 0.3 is 0 Å². The molecule has 0 saturated carbocycles. The highest BCUT2D eigenvalue weighted by Gasteiger charge is 2.24. The number of nitrogens with zero attached hydrogens (tertiary/aromatic N) is 1. The fourth-order valence-corrected chi connectivity index (χ4v) is 9.32. The van der Waals surface area contributed by atoms with E-state index in [1.807, 2.05) is 0 Å². The largest absolute Gasteiger partial charge is 0.309 e. The van der Waals surface area contributed by atoms with Crippen LogP contribution in [0.4, 0.5) is 17.1 Å². The van der Waals surface area contributed by atoms with Gasteiger partial charge in [0.2, 0.25) is 0 Å². The minimum absolute atomic E-state index is 1.07. The van der Waals surface area contributed by atoms with Crippen LogP contribution in [0.25, 0.3) is 88.3 Å². The molecule has 0 atom stereocenters. The topological polar surface area (TPSA) is 3.24 Å². The molecule has 1 heteroatoms. The summed E-state index contributed by atoms with van der Waals surface area (Å²) in [5.74, 6) is 0. The molecule has 63 heavy (non-hydrogen) atoms. The molecular formula is C62H43N. The predicted octanol–water partition coefficient (Wildman–Crippen LogP) is 17.5. The summed E-state index contributed by atoms with van der Waals surface area (Å²) in [6.07, 6.45) is 0. The Balaban J connectivity index is 1.26. The highest BCUT2D eigenvalue weighted by atomic mass is 15.1. The quantitative estimate of drug-likeness (QED) is 0.131. The molecule has 296 valence electrons. The van der Waals surface area contributed by atoms with Crippen LogP contribution >= 0.6 is 0 Å². The van der Waals surface area contributed by atoms with E-state index in [9.17, 15) is 0 Å². The lowest BCUT2D eigenvalue weighted by atomic mass is 9.84. The molecule has 0 aromatic heterocycles. The summed E-state index contributed by atoms with van der Waals surface area (Å²) in [6.45, 7) is 0. The summed E-state index contributed by atoms with van der Waals surface area (Å²) in [7, 11) is 0. The second kappa shape index (κ2) is 16.7. The van der Waals surface area contributed by atoms with E-state index in [0.717, 1.165) is 39.3 Å². The van der Waals surface area contributed by atoms with Crippen molar-refractivity contribution >= 4 is 38.6 Å². The fourth-order valence-electron chi connectivity index (χ4n) is 9.32. The highest BCUT2D eigenvalue weighted by Crippen LogP contribution is 2.50. The zero-order valence-corrected chi connectivity index (χ0v) is 34.8. The Morgan fingerprint density at radius 1 is 0.206 bits per heavy atom. The van der Waals surface area contributed by atoms with Gasteiger partial charge in [0.05, 0.1) is 11.4 Å². The van der Waals surface area contributed by atoms with Crippen LogP contribution in [0.5, 0.6) is 0 Å². The third-order valence-corrected chi connectivity index (χ3v) is 12.3. The number of fused-ring (bicyclic) bond motifs is 3. The van der Waals surface area contributed by atoms with Crippen LogP contribution in [0.15, 0.2) is 261 Å². The SMILES string of the molecule is c1ccc(-c2ccc(N(c3ccc4c(c3)c(-c3ccccc3)c(-c3ccccc3)c3ccccc34)c3ccc(-c4ccccc4)cc3-c3ccccc3)c(-c3ccccc3)c2)cc1. The van der Waals surface area contributed by atoms with Crippen molar-refractivity contribution in [3.8, 4) is 66.8 Å². The van der Waals surface area contributed by atoms with Crippen LogP contribution < -0.4 is 4.90 Å². The Bertz CT molecular complexity index is 3220. The number of rotatable bonds is 9. The molecule has 0 radical (unpaired) electrons. The summed E-state index contributed by atoms with van der Waals surface area (Å²) in [5.41, 5.74) is 17.4. The van der Waals surface area contributed by atoms with Gasteiger partial charge in [0.1, 0.15) is 0 Å². The van der Waals surface area contributed by atoms with E-state index in [1.165, 1.54) is 66.1 Å². The van der Waals surface area contributed by atoms with Gasteiger partial charge in [0.15, 0.2) is 0 Å². The van der Waals surface area contributed by atoms with Crippen molar-refractivity contribution in [3.63, 3.8) is 0 Å². The van der Waals surface area contributed by atoms with Gasteiger partial charge in [-0.1, -0.05) is 224 Å². The lowest BCUT2D eigenvalue weighted by Gasteiger charge is -2.31. The van der Waals surface area contributed by atoms with Gasteiger partial charge in [-0.15, -0.1) is 0 Å². The first-order chi connectivity index (χ1) is 31.3. The number of hydrogen-bond acceptors (Lipinski definition) is 1. The Morgan fingerprint density at radius 2 is 0.556 bits per heavy atom. The van der Waals surface area contributed by atoms with Gasteiger partial charge in [0.25, 0.3) is 0 Å². The third kappa shape index (κ3) is 7.16. The van der Waals surface area contributed by atoms with E-state index in [4.69, 9.17) is 0 Å². The Labute approximate surface area is 369 Å². The molecule has 1 nitrogen and oxygen atoms in total. The van der Waals surface area contributed by atoms with Crippen molar-refractivity contribution in [2.75, 3.05) is 4.90 Å². The van der Waals surface area contributed by atoms with E-state index >= 15 is 0 Å². The normalized spacial score (nSPS) is 11.2. The monoisotopic (exact) mass is 801 g/mol. The Hall–Kier alpha value is -8.26. The van der Waals surface area contributed by atoms with Gasteiger partial charge in [-0.2, -0.15) is 0 Å². The van der Waals surface area contributed by atoms with E-state index in [2.05, 4.69) is 266 Å². The molecule has 0 aliphatic carbocycles. The fraction of sp³-hybridized carbons (Fsp3) is 0. The zero-order valence-electron chi connectivity index (χ0n) is 34.8.